The Labute approximate surface area is 129 Å². The molecule has 4 heteroatoms. The van der Waals surface area contributed by atoms with E-state index in [1.54, 1.807) is 23.1 Å². The van der Waals surface area contributed by atoms with Crippen LogP contribution in [0.15, 0.2) is 48.5 Å². The summed E-state index contributed by atoms with van der Waals surface area (Å²) in [6.07, 6.45) is 0.659. The molecule has 0 fully saturated rings. The number of carbonyl (C=O) groups excluding carboxylic acids is 1. The van der Waals surface area contributed by atoms with E-state index in [1.807, 2.05) is 31.2 Å². The summed E-state index contributed by atoms with van der Waals surface area (Å²) in [5.74, 6) is -0.443. The first-order valence-electron chi connectivity index (χ1n) is 7.51. The van der Waals surface area contributed by atoms with E-state index in [-0.39, 0.29) is 11.7 Å². The van der Waals surface area contributed by atoms with E-state index in [4.69, 9.17) is 4.74 Å². The van der Waals surface area contributed by atoms with Crippen LogP contribution in [0.5, 0.6) is 5.75 Å². The molecule has 22 heavy (non-hydrogen) atoms. The third kappa shape index (κ3) is 2.69. The maximum atomic E-state index is 13.7. The fraction of sp³-hybridized carbons (Fsp3) is 0.278. The highest BCUT2D eigenvalue weighted by molar-refractivity contribution is 5.98. The maximum Gasteiger partial charge on any atom is 0.268 e. The molecule has 3 nitrogen and oxygen atoms in total. The number of ether oxygens (including phenoxy) is 1. The van der Waals surface area contributed by atoms with E-state index < -0.39 is 11.9 Å². The van der Waals surface area contributed by atoms with Crippen molar-refractivity contribution in [3.05, 3.63) is 59.9 Å². The lowest BCUT2D eigenvalue weighted by Crippen LogP contribution is -2.41. The largest absolute Gasteiger partial charge is 0.478 e. The van der Waals surface area contributed by atoms with Crippen LogP contribution < -0.4 is 9.64 Å². The van der Waals surface area contributed by atoms with Gasteiger partial charge in [-0.2, -0.15) is 0 Å². The van der Waals surface area contributed by atoms with Crippen molar-refractivity contribution < 1.29 is 13.9 Å². The Morgan fingerprint density at radius 3 is 2.73 bits per heavy atom. The number of nitrogens with zero attached hydrogens (tertiary/aromatic N) is 1. The van der Waals surface area contributed by atoms with Gasteiger partial charge in [0.25, 0.3) is 5.91 Å². The molecule has 1 amide bonds. The monoisotopic (exact) mass is 299 g/mol. The second-order valence-electron chi connectivity index (χ2n) is 5.31. The third-order valence-electron chi connectivity index (χ3n) is 3.91. The molecule has 0 spiro atoms. The Morgan fingerprint density at radius 2 is 1.95 bits per heavy atom. The Balaban J connectivity index is 1.80. The number of hydrogen-bond acceptors (Lipinski definition) is 2. The molecule has 0 saturated heterocycles. The molecular weight excluding hydrogens is 281 g/mol. The minimum Gasteiger partial charge on any atom is -0.478 e. The van der Waals surface area contributed by atoms with Crippen molar-refractivity contribution in [2.24, 2.45) is 0 Å². The van der Waals surface area contributed by atoms with Crippen molar-refractivity contribution in [2.45, 2.75) is 25.9 Å². The topological polar surface area (TPSA) is 29.5 Å². The molecule has 0 aromatic heterocycles. The van der Waals surface area contributed by atoms with Gasteiger partial charge in [-0.1, -0.05) is 37.3 Å². The van der Waals surface area contributed by atoms with Gasteiger partial charge < -0.3 is 9.64 Å². The van der Waals surface area contributed by atoms with Gasteiger partial charge >= 0.3 is 0 Å². The van der Waals surface area contributed by atoms with Crippen LogP contribution in [0.2, 0.25) is 0 Å². The lowest BCUT2D eigenvalue weighted by molar-refractivity contribution is -0.125. The fourth-order valence-corrected chi connectivity index (χ4v) is 2.74. The highest BCUT2D eigenvalue weighted by atomic mass is 19.1. The highest BCUT2D eigenvalue weighted by Crippen LogP contribution is 2.29. The second-order valence-corrected chi connectivity index (χ2v) is 5.31. The van der Waals surface area contributed by atoms with Crippen molar-refractivity contribution in [1.29, 1.82) is 0 Å². The molecule has 0 N–H and O–H groups in total. The standard InChI is InChI=1S/C18H18FNO2/c1-2-16(22-17-10-6-4-8-14(17)19)18(21)20-12-11-13-7-3-5-9-15(13)20/h3-10,16H,2,11-12H2,1H3/t16-/m0/s1. The number of amides is 1. The smallest absolute Gasteiger partial charge is 0.268 e. The highest BCUT2D eigenvalue weighted by Gasteiger charge is 2.30. The molecule has 2 aromatic rings. The number of para-hydroxylation sites is 2. The Kier molecular flexibility index (Phi) is 4.09. The first-order chi connectivity index (χ1) is 10.7. The molecule has 1 aliphatic heterocycles. The van der Waals surface area contributed by atoms with Crippen LogP contribution in [0, 0.1) is 5.82 Å². The van der Waals surface area contributed by atoms with E-state index in [0.717, 1.165) is 17.7 Å². The predicted octanol–water partition coefficient (Wildman–Crippen LogP) is 3.57. The first-order valence-corrected chi connectivity index (χ1v) is 7.51. The fourth-order valence-electron chi connectivity index (χ4n) is 2.74. The lowest BCUT2D eigenvalue weighted by Gasteiger charge is -2.24. The SMILES string of the molecule is CC[C@H](Oc1ccccc1F)C(=O)N1CCc2ccccc21. The molecule has 0 radical (unpaired) electrons. The van der Waals surface area contributed by atoms with Gasteiger partial charge in [0.1, 0.15) is 0 Å². The van der Waals surface area contributed by atoms with Crippen LogP contribution in [0.1, 0.15) is 18.9 Å². The molecule has 1 heterocycles. The molecule has 0 unspecified atom stereocenters. The first kappa shape index (κ1) is 14.6. The van der Waals surface area contributed by atoms with Crippen LogP contribution in [-0.2, 0) is 11.2 Å². The number of halogens is 1. The zero-order chi connectivity index (χ0) is 15.5. The summed E-state index contributed by atoms with van der Waals surface area (Å²) in [6, 6.07) is 14.0. The van der Waals surface area contributed by atoms with Gasteiger partial charge in [0.05, 0.1) is 0 Å². The van der Waals surface area contributed by atoms with Crippen LogP contribution in [0.4, 0.5) is 10.1 Å². The van der Waals surface area contributed by atoms with Crippen LogP contribution >= 0.6 is 0 Å². The summed E-state index contributed by atoms with van der Waals surface area (Å²) in [7, 11) is 0. The molecule has 3 rings (SSSR count). The average molecular weight is 299 g/mol. The summed E-state index contributed by atoms with van der Waals surface area (Å²) in [5, 5.41) is 0. The van der Waals surface area contributed by atoms with Crippen molar-refractivity contribution in [3.63, 3.8) is 0 Å². The van der Waals surface area contributed by atoms with Gasteiger partial charge in [-0.15, -0.1) is 0 Å². The number of anilines is 1. The van der Waals surface area contributed by atoms with Gasteiger partial charge in [-0.3, -0.25) is 4.79 Å². The number of carbonyl (C=O) groups is 1. The quantitative estimate of drug-likeness (QED) is 0.863. The van der Waals surface area contributed by atoms with Crippen LogP contribution in [0.3, 0.4) is 0 Å². The van der Waals surface area contributed by atoms with E-state index >= 15 is 0 Å². The average Bonchev–Trinajstić information content (AvgIpc) is 2.97. The van der Waals surface area contributed by atoms with E-state index in [9.17, 15) is 9.18 Å². The number of benzene rings is 2. The number of fused-ring (bicyclic) bond motifs is 1. The van der Waals surface area contributed by atoms with E-state index in [1.165, 1.54) is 6.07 Å². The predicted molar refractivity (Wildman–Crippen MR) is 83.6 cm³/mol. The van der Waals surface area contributed by atoms with Gasteiger partial charge in [-0.25, -0.2) is 4.39 Å². The molecule has 1 atom stereocenters. The van der Waals surface area contributed by atoms with Gasteiger partial charge in [0.2, 0.25) is 0 Å². The third-order valence-corrected chi connectivity index (χ3v) is 3.91. The van der Waals surface area contributed by atoms with Gasteiger partial charge in [-0.05, 0) is 36.6 Å². The Bertz CT molecular complexity index is 686. The zero-order valence-electron chi connectivity index (χ0n) is 12.5. The van der Waals surface area contributed by atoms with E-state index in [0.29, 0.717) is 13.0 Å². The second kappa shape index (κ2) is 6.18. The maximum absolute atomic E-state index is 13.7. The lowest BCUT2D eigenvalue weighted by atomic mass is 10.2. The van der Waals surface area contributed by atoms with Crippen molar-refractivity contribution in [1.82, 2.24) is 0 Å². The summed E-state index contributed by atoms with van der Waals surface area (Å²) in [6.45, 7) is 2.51. The number of rotatable bonds is 4. The Hall–Kier alpha value is -2.36. The molecule has 0 bridgehead atoms. The van der Waals surface area contributed by atoms with Gasteiger partial charge in [0.15, 0.2) is 17.7 Å². The van der Waals surface area contributed by atoms with Crippen molar-refractivity contribution >= 4 is 11.6 Å². The number of hydrogen-bond donors (Lipinski definition) is 0. The van der Waals surface area contributed by atoms with Gasteiger partial charge in [0, 0.05) is 12.2 Å². The molecule has 1 aliphatic rings. The van der Waals surface area contributed by atoms with Crippen LogP contribution in [0.25, 0.3) is 0 Å². The molecule has 0 saturated carbocycles. The minimum absolute atomic E-state index is 0.115. The summed E-state index contributed by atoms with van der Waals surface area (Å²) in [4.78, 5) is 14.5. The molecule has 0 aliphatic carbocycles. The minimum atomic E-state index is -0.678. The zero-order valence-corrected chi connectivity index (χ0v) is 12.5. The normalized spacial score (nSPS) is 14.5. The summed E-state index contributed by atoms with van der Waals surface area (Å²) in [5.41, 5.74) is 2.10. The molecule has 114 valence electrons. The molecule has 2 aromatic carbocycles. The summed E-state index contributed by atoms with van der Waals surface area (Å²) >= 11 is 0. The van der Waals surface area contributed by atoms with E-state index in [2.05, 4.69) is 0 Å². The van der Waals surface area contributed by atoms with Crippen LogP contribution in [-0.4, -0.2) is 18.6 Å². The van der Waals surface area contributed by atoms with Crippen molar-refractivity contribution in [2.75, 3.05) is 11.4 Å². The summed E-state index contributed by atoms with van der Waals surface area (Å²) < 4.78 is 19.3. The molecular formula is C18H18FNO2. The van der Waals surface area contributed by atoms with Crippen molar-refractivity contribution in [3.8, 4) is 5.75 Å². The Morgan fingerprint density at radius 1 is 1.23 bits per heavy atom.